The maximum Gasteiger partial charge on any atom is 0.255 e. The molecule has 0 aliphatic rings. The Balaban J connectivity index is 2.50. The van der Waals surface area contributed by atoms with Gasteiger partial charge in [0, 0.05) is 18.0 Å². The molecule has 1 aromatic heterocycles. The van der Waals surface area contributed by atoms with Crippen molar-refractivity contribution in [2.75, 3.05) is 7.11 Å². The third-order valence-electron chi connectivity index (χ3n) is 2.41. The van der Waals surface area contributed by atoms with Crippen molar-refractivity contribution in [2.45, 2.75) is 6.92 Å². The van der Waals surface area contributed by atoms with Crippen LogP contribution in [0.3, 0.4) is 0 Å². The lowest BCUT2D eigenvalue weighted by Gasteiger charge is -2.07. The van der Waals surface area contributed by atoms with E-state index in [1.54, 1.807) is 17.7 Å². The molecular formula is C13H13NO2. The normalized spacial score (nSPS) is 10.1. The molecule has 0 amide bonds. The molecule has 0 aliphatic heterocycles. The molecule has 0 saturated carbocycles. The van der Waals surface area contributed by atoms with E-state index in [0.29, 0.717) is 0 Å². The van der Waals surface area contributed by atoms with Gasteiger partial charge in [0.15, 0.2) is 0 Å². The van der Waals surface area contributed by atoms with Crippen LogP contribution in [0.4, 0.5) is 0 Å². The fraction of sp³-hybridized carbons (Fsp3) is 0.154. The van der Waals surface area contributed by atoms with Crippen LogP contribution in [0.5, 0.6) is 5.75 Å². The van der Waals surface area contributed by atoms with Crippen LogP contribution in [-0.2, 0) is 0 Å². The lowest BCUT2D eigenvalue weighted by atomic mass is 10.2. The molecule has 0 fully saturated rings. The van der Waals surface area contributed by atoms with Crippen LogP contribution in [-0.4, -0.2) is 11.7 Å². The summed E-state index contributed by atoms with van der Waals surface area (Å²) in [6, 6.07) is 10.8. The van der Waals surface area contributed by atoms with E-state index in [1.165, 1.54) is 0 Å². The number of rotatable bonds is 2. The average Bonchev–Trinajstić information content (AvgIpc) is 2.32. The molecule has 3 heteroatoms. The van der Waals surface area contributed by atoms with Crippen LogP contribution in [0.15, 0.2) is 47.4 Å². The molecular weight excluding hydrogens is 202 g/mol. The Labute approximate surface area is 93.9 Å². The molecule has 1 heterocycles. The van der Waals surface area contributed by atoms with Gasteiger partial charge in [0.2, 0.25) is 0 Å². The maximum atomic E-state index is 11.7. The Bertz CT molecular complexity index is 541. The molecule has 2 aromatic rings. The predicted octanol–water partition coefficient (Wildman–Crippen LogP) is 2.15. The molecule has 0 aliphatic carbocycles. The van der Waals surface area contributed by atoms with Gasteiger partial charge in [-0.1, -0.05) is 6.07 Å². The van der Waals surface area contributed by atoms with E-state index >= 15 is 0 Å². The van der Waals surface area contributed by atoms with Crippen molar-refractivity contribution in [1.29, 1.82) is 0 Å². The summed E-state index contributed by atoms with van der Waals surface area (Å²) >= 11 is 0. The molecule has 0 radical (unpaired) electrons. The number of nitrogens with zero attached hydrogens (tertiary/aromatic N) is 1. The number of benzene rings is 1. The van der Waals surface area contributed by atoms with E-state index in [0.717, 1.165) is 17.0 Å². The van der Waals surface area contributed by atoms with Gasteiger partial charge in [0.05, 0.1) is 7.11 Å². The highest BCUT2D eigenvalue weighted by molar-refractivity contribution is 5.38. The summed E-state index contributed by atoms with van der Waals surface area (Å²) in [5.41, 5.74) is 1.86. The van der Waals surface area contributed by atoms with E-state index in [4.69, 9.17) is 4.74 Å². The van der Waals surface area contributed by atoms with Gasteiger partial charge in [-0.25, -0.2) is 0 Å². The van der Waals surface area contributed by atoms with Crippen molar-refractivity contribution in [3.8, 4) is 11.4 Å². The summed E-state index contributed by atoms with van der Waals surface area (Å²) in [6.07, 6.45) is 1.82. The first-order valence-corrected chi connectivity index (χ1v) is 5.04. The molecule has 0 bridgehead atoms. The zero-order chi connectivity index (χ0) is 11.5. The number of ether oxygens (including phenoxy) is 1. The Morgan fingerprint density at radius 1 is 1.06 bits per heavy atom. The number of aryl methyl sites for hydroxylation is 1. The number of aromatic nitrogens is 1. The van der Waals surface area contributed by atoms with Gasteiger partial charge in [0.25, 0.3) is 5.56 Å². The molecule has 1 aromatic carbocycles. The molecule has 16 heavy (non-hydrogen) atoms. The van der Waals surface area contributed by atoms with Gasteiger partial charge < -0.3 is 4.74 Å². The summed E-state index contributed by atoms with van der Waals surface area (Å²) in [4.78, 5) is 11.7. The highest BCUT2D eigenvalue weighted by Crippen LogP contribution is 2.13. The van der Waals surface area contributed by atoms with E-state index < -0.39 is 0 Å². The van der Waals surface area contributed by atoms with Gasteiger partial charge >= 0.3 is 0 Å². The second-order valence-corrected chi connectivity index (χ2v) is 3.61. The van der Waals surface area contributed by atoms with Crippen LogP contribution in [0.1, 0.15) is 5.56 Å². The SMILES string of the molecule is COc1ccc(-n2cc(C)ccc2=O)cc1. The van der Waals surface area contributed by atoms with Gasteiger partial charge in [-0.2, -0.15) is 0 Å². The zero-order valence-corrected chi connectivity index (χ0v) is 9.31. The van der Waals surface area contributed by atoms with Crippen molar-refractivity contribution >= 4 is 0 Å². The van der Waals surface area contributed by atoms with E-state index in [1.807, 2.05) is 43.5 Å². The Morgan fingerprint density at radius 3 is 2.38 bits per heavy atom. The lowest BCUT2D eigenvalue weighted by Crippen LogP contribution is -2.16. The van der Waals surface area contributed by atoms with Crippen LogP contribution in [0.25, 0.3) is 5.69 Å². The lowest BCUT2D eigenvalue weighted by molar-refractivity contribution is 0.414. The van der Waals surface area contributed by atoms with Gasteiger partial charge in [-0.15, -0.1) is 0 Å². The van der Waals surface area contributed by atoms with Crippen LogP contribution < -0.4 is 10.3 Å². The monoisotopic (exact) mass is 215 g/mol. The van der Waals surface area contributed by atoms with E-state index in [-0.39, 0.29) is 5.56 Å². The average molecular weight is 215 g/mol. The predicted molar refractivity (Wildman–Crippen MR) is 63.3 cm³/mol. The molecule has 0 N–H and O–H groups in total. The number of methoxy groups -OCH3 is 1. The second-order valence-electron chi connectivity index (χ2n) is 3.61. The van der Waals surface area contributed by atoms with Crippen molar-refractivity contribution in [3.05, 3.63) is 58.5 Å². The topological polar surface area (TPSA) is 31.2 Å². The summed E-state index contributed by atoms with van der Waals surface area (Å²) in [7, 11) is 1.62. The Morgan fingerprint density at radius 2 is 1.75 bits per heavy atom. The van der Waals surface area contributed by atoms with Gasteiger partial charge in [-0.3, -0.25) is 9.36 Å². The van der Waals surface area contributed by atoms with Gasteiger partial charge in [0.1, 0.15) is 5.75 Å². The summed E-state index contributed by atoms with van der Waals surface area (Å²) in [5.74, 6) is 0.782. The summed E-state index contributed by atoms with van der Waals surface area (Å²) < 4.78 is 6.69. The van der Waals surface area contributed by atoms with Crippen molar-refractivity contribution in [2.24, 2.45) is 0 Å². The molecule has 0 unspecified atom stereocenters. The molecule has 0 spiro atoms. The standard InChI is InChI=1S/C13H13NO2/c1-10-3-8-13(15)14(9-10)11-4-6-12(16-2)7-5-11/h3-9H,1-2H3. The van der Waals surface area contributed by atoms with E-state index in [2.05, 4.69) is 0 Å². The first-order valence-electron chi connectivity index (χ1n) is 5.04. The van der Waals surface area contributed by atoms with Gasteiger partial charge in [-0.05, 0) is 36.8 Å². The Kier molecular flexibility index (Phi) is 2.77. The smallest absolute Gasteiger partial charge is 0.255 e. The Hall–Kier alpha value is -2.03. The maximum absolute atomic E-state index is 11.7. The second kappa shape index (κ2) is 4.23. The highest BCUT2D eigenvalue weighted by Gasteiger charge is 1.99. The number of hydrogen-bond donors (Lipinski definition) is 0. The van der Waals surface area contributed by atoms with Crippen LogP contribution >= 0.6 is 0 Å². The first-order chi connectivity index (χ1) is 7.70. The molecule has 0 saturated heterocycles. The molecule has 82 valence electrons. The highest BCUT2D eigenvalue weighted by atomic mass is 16.5. The fourth-order valence-corrected chi connectivity index (χ4v) is 1.54. The quantitative estimate of drug-likeness (QED) is 0.768. The minimum Gasteiger partial charge on any atom is -0.497 e. The molecule has 0 atom stereocenters. The van der Waals surface area contributed by atoms with Crippen molar-refractivity contribution < 1.29 is 4.74 Å². The zero-order valence-electron chi connectivity index (χ0n) is 9.31. The van der Waals surface area contributed by atoms with Crippen molar-refractivity contribution in [3.63, 3.8) is 0 Å². The van der Waals surface area contributed by atoms with Crippen LogP contribution in [0.2, 0.25) is 0 Å². The number of pyridine rings is 1. The van der Waals surface area contributed by atoms with E-state index in [9.17, 15) is 4.79 Å². The fourth-order valence-electron chi connectivity index (χ4n) is 1.54. The number of hydrogen-bond acceptors (Lipinski definition) is 2. The largest absolute Gasteiger partial charge is 0.497 e. The first kappa shape index (κ1) is 10.5. The third-order valence-corrected chi connectivity index (χ3v) is 2.41. The molecule has 3 nitrogen and oxygen atoms in total. The van der Waals surface area contributed by atoms with Crippen LogP contribution in [0, 0.1) is 6.92 Å². The third kappa shape index (κ3) is 1.98. The minimum absolute atomic E-state index is 0.0317. The molecule has 2 rings (SSSR count). The summed E-state index contributed by atoms with van der Waals surface area (Å²) in [5, 5.41) is 0. The summed E-state index contributed by atoms with van der Waals surface area (Å²) in [6.45, 7) is 1.96. The van der Waals surface area contributed by atoms with Crippen molar-refractivity contribution in [1.82, 2.24) is 4.57 Å². The minimum atomic E-state index is -0.0317.